The lowest BCUT2D eigenvalue weighted by Crippen LogP contribution is -2.05. The van der Waals surface area contributed by atoms with Crippen molar-refractivity contribution in [3.63, 3.8) is 0 Å². The summed E-state index contributed by atoms with van der Waals surface area (Å²) in [4.78, 5) is 13.4. The van der Waals surface area contributed by atoms with Crippen LogP contribution in [0.25, 0.3) is 21.5 Å². The minimum atomic E-state index is 0.0769. The Morgan fingerprint density at radius 2 is 1.17 bits per heavy atom. The molecule has 4 aromatic carbocycles. The molecule has 0 saturated heterocycles. The summed E-state index contributed by atoms with van der Waals surface area (Å²) in [5, 5.41) is 4.09. The third-order valence-corrected chi connectivity index (χ3v) is 5.34. The smallest absolute Gasteiger partial charge is 0.194 e. The summed E-state index contributed by atoms with van der Waals surface area (Å²) < 4.78 is 1.04. The van der Waals surface area contributed by atoms with E-state index in [1.54, 1.807) is 0 Å². The van der Waals surface area contributed by atoms with E-state index in [0.717, 1.165) is 42.7 Å². The summed E-state index contributed by atoms with van der Waals surface area (Å²) in [6.07, 6.45) is 0. The lowest BCUT2D eigenvalue weighted by molar-refractivity contribution is 0.104. The average Bonchev–Trinajstić information content (AvgIpc) is 2.62. The monoisotopic (exact) mass is 374 g/mol. The van der Waals surface area contributed by atoms with Gasteiger partial charge in [0, 0.05) is 15.6 Å². The maximum atomic E-state index is 13.4. The van der Waals surface area contributed by atoms with Crippen LogP contribution in [0.2, 0.25) is 0 Å². The van der Waals surface area contributed by atoms with Crippen molar-refractivity contribution in [2.45, 2.75) is 6.92 Å². The van der Waals surface area contributed by atoms with E-state index in [-0.39, 0.29) is 5.78 Å². The molecular formula is C22H15BrO. The molecule has 0 radical (unpaired) electrons. The first kappa shape index (κ1) is 15.1. The molecule has 24 heavy (non-hydrogen) atoms. The average molecular weight is 375 g/mol. The van der Waals surface area contributed by atoms with E-state index in [9.17, 15) is 4.79 Å². The molecule has 116 valence electrons. The van der Waals surface area contributed by atoms with Crippen molar-refractivity contribution >= 4 is 43.3 Å². The van der Waals surface area contributed by atoms with E-state index in [4.69, 9.17) is 0 Å². The number of carbonyl (C=O) groups excluding carboxylic acids is 1. The lowest BCUT2D eigenvalue weighted by atomic mass is 9.90. The van der Waals surface area contributed by atoms with Gasteiger partial charge < -0.3 is 0 Å². The van der Waals surface area contributed by atoms with Gasteiger partial charge in [-0.25, -0.2) is 0 Å². The second-order valence-corrected chi connectivity index (χ2v) is 6.72. The Balaban J connectivity index is 2.15. The van der Waals surface area contributed by atoms with Crippen LogP contribution in [0, 0.1) is 6.92 Å². The highest BCUT2D eigenvalue weighted by atomic mass is 79.9. The highest BCUT2D eigenvalue weighted by Crippen LogP contribution is 2.37. The van der Waals surface area contributed by atoms with Crippen LogP contribution in [0.3, 0.4) is 0 Å². The molecule has 0 aliphatic rings. The molecule has 0 aromatic heterocycles. The Hall–Kier alpha value is -2.45. The first-order chi connectivity index (χ1) is 11.7. The second-order valence-electron chi connectivity index (χ2n) is 5.92. The predicted octanol–water partition coefficient (Wildman–Crippen LogP) is 6.29. The molecule has 1 nitrogen and oxygen atoms in total. The molecule has 0 heterocycles. The van der Waals surface area contributed by atoms with Crippen LogP contribution in [-0.4, -0.2) is 5.78 Å². The van der Waals surface area contributed by atoms with E-state index in [2.05, 4.69) is 28.1 Å². The van der Waals surface area contributed by atoms with Crippen LogP contribution in [0.4, 0.5) is 0 Å². The highest BCUT2D eigenvalue weighted by Gasteiger charge is 2.19. The zero-order chi connectivity index (χ0) is 16.7. The Morgan fingerprint density at radius 3 is 1.71 bits per heavy atom. The first-order valence-corrected chi connectivity index (χ1v) is 8.67. The summed E-state index contributed by atoms with van der Waals surface area (Å²) in [6, 6.07) is 23.9. The van der Waals surface area contributed by atoms with Gasteiger partial charge in [-0.15, -0.1) is 0 Å². The van der Waals surface area contributed by atoms with Gasteiger partial charge in [0.1, 0.15) is 0 Å². The number of aryl methyl sites for hydroxylation is 1. The second kappa shape index (κ2) is 5.88. The molecule has 0 aliphatic heterocycles. The van der Waals surface area contributed by atoms with Gasteiger partial charge in [0.15, 0.2) is 5.78 Å². The predicted molar refractivity (Wildman–Crippen MR) is 104 cm³/mol. The number of halogens is 1. The quantitative estimate of drug-likeness (QED) is 0.297. The van der Waals surface area contributed by atoms with Gasteiger partial charge in [0.2, 0.25) is 0 Å². The van der Waals surface area contributed by atoms with Crippen LogP contribution in [0.1, 0.15) is 21.5 Å². The van der Waals surface area contributed by atoms with Gasteiger partial charge in [-0.05, 0) is 50.0 Å². The molecule has 4 rings (SSSR count). The molecule has 0 spiro atoms. The van der Waals surface area contributed by atoms with Crippen molar-refractivity contribution in [2.75, 3.05) is 0 Å². The summed E-state index contributed by atoms with van der Waals surface area (Å²) in [5.41, 5.74) is 2.53. The van der Waals surface area contributed by atoms with E-state index < -0.39 is 0 Å². The molecule has 0 saturated carbocycles. The summed E-state index contributed by atoms with van der Waals surface area (Å²) in [5.74, 6) is 0.0769. The van der Waals surface area contributed by atoms with Gasteiger partial charge in [-0.1, -0.05) is 72.8 Å². The number of carbonyl (C=O) groups is 1. The van der Waals surface area contributed by atoms with Crippen LogP contribution < -0.4 is 0 Å². The van der Waals surface area contributed by atoms with Crippen LogP contribution >= 0.6 is 15.9 Å². The van der Waals surface area contributed by atoms with E-state index >= 15 is 0 Å². The SMILES string of the molecule is Cc1ccccc1C(=O)c1c2ccccc2c(Br)c2ccccc12. The molecule has 0 N–H and O–H groups in total. The number of hydrogen-bond donors (Lipinski definition) is 0. The Labute approximate surface area is 149 Å². The molecule has 0 bridgehead atoms. The standard InChI is InChI=1S/C22H15BrO/c1-14-8-2-3-9-15(14)22(24)20-16-10-4-6-12-18(16)21(23)19-13-7-5-11-17(19)20/h2-13H,1H3. The van der Waals surface area contributed by atoms with Crippen molar-refractivity contribution in [2.24, 2.45) is 0 Å². The molecule has 0 amide bonds. The maximum absolute atomic E-state index is 13.4. The summed E-state index contributed by atoms with van der Waals surface area (Å²) in [7, 11) is 0. The number of rotatable bonds is 2. The summed E-state index contributed by atoms with van der Waals surface area (Å²) >= 11 is 3.73. The third kappa shape index (κ3) is 2.26. The molecule has 4 aromatic rings. The van der Waals surface area contributed by atoms with Crippen LogP contribution in [-0.2, 0) is 0 Å². The first-order valence-electron chi connectivity index (χ1n) is 7.88. The topological polar surface area (TPSA) is 17.1 Å². The van der Waals surface area contributed by atoms with E-state index in [1.165, 1.54) is 0 Å². The third-order valence-electron chi connectivity index (χ3n) is 4.48. The number of benzene rings is 4. The molecule has 0 aliphatic carbocycles. The van der Waals surface area contributed by atoms with Crippen molar-refractivity contribution < 1.29 is 4.79 Å². The molecule has 0 fully saturated rings. The van der Waals surface area contributed by atoms with Gasteiger partial charge in [0.05, 0.1) is 0 Å². The summed E-state index contributed by atoms with van der Waals surface area (Å²) in [6.45, 7) is 1.98. The Bertz CT molecular complexity index is 1040. The highest BCUT2D eigenvalue weighted by molar-refractivity contribution is 9.10. The molecule has 0 atom stereocenters. The van der Waals surface area contributed by atoms with Gasteiger partial charge in [-0.2, -0.15) is 0 Å². The maximum Gasteiger partial charge on any atom is 0.194 e. The van der Waals surface area contributed by atoms with E-state index in [1.807, 2.05) is 67.6 Å². The van der Waals surface area contributed by atoms with Crippen molar-refractivity contribution in [1.29, 1.82) is 0 Å². The zero-order valence-corrected chi connectivity index (χ0v) is 14.8. The molecule has 2 heteroatoms. The van der Waals surface area contributed by atoms with Gasteiger partial charge in [0.25, 0.3) is 0 Å². The molecular weight excluding hydrogens is 360 g/mol. The van der Waals surface area contributed by atoms with Crippen molar-refractivity contribution in [3.05, 3.63) is 94.0 Å². The largest absolute Gasteiger partial charge is 0.289 e. The van der Waals surface area contributed by atoms with Crippen molar-refractivity contribution in [3.8, 4) is 0 Å². The fraction of sp³-hybridized carbons (Fsp3) is 0.0455. The Morgan fingerprint density at radius 1 is 0.708 bits per heavy atom. The molecule has 0 unspecified atom stereocenters. The fourth-order valence-corrected chi connectivity index (χ4v) is 3.97. The zero-order valence-electron chi connectivity index (χ0n) is 13.2. The fourth-order valence-electron chi connectivity index (χ4n) is 3.28. The van der Waals surface area contributed by atoms with E-state index in [0.29, 0.717) is 0 Å². The minimum Gasteiger partial charge on any atom is -0.289 e. The normalized spacial score (nSPS) is 11.1. The number of ketones is 1. The van der Waals surface area contributed by atoms with Gasteiger partial charge in [-0.3, -0.25) is 4.79 Å². The lowest BCUT2D eigenvalue weighted by Gasteiger charge is -2.14. The van der Waals surface area contributed by atoms with Crippen molar-refractivity contribution in [1.82, 2.24) is 0 Å². The Kier molecular flexibility index (Phi) is 3.70. The van der Waals surface area contributed by atoms with Gasteiger partial charge >= 0.3 is 0 Å². The minimum absolute atomic E-state index is 0.0769. The number of hydrogen-bond acceptors (Lipinski definition) is 1. The van der Waals surface area contributed by atoms with Crippen LogP contribution in [0.5, 0.6) is 0 Å². The number of fused-ring (bicyclic) bond motifs is 2. The van der Waals surface area contributed by atoms with Crippen LogP contribution in [0.15, 0.2) is 77.3 Å².